The molecule has 0 amide bonds. The molecule has 378 valence electrons. The Morgan fingerprint density at radius 2 is 0.169 bits per heavy atom. The first-order valence-corrected chi connectivity index (χ1v) is 26.4. The van der Waals surface area contributed by atoms with Crippen LogP contribution in [0.2, 0.25) is 0 Å². The Labute approximate surface area is 468 Å². The molecule has 0 saturated heterocycles. The van der Waals surface area contributed by atoms with Gasteiger partial charge < -0.3 is 0 Å². The van der Waals surface area contributed by atoms with Gasteiger partial charge in [0.2, 0.25) is 0 Å². The van der Waals surface area contributed by atoms with Gasteiger partial charge in [0, 0.05) is 40.2 Å². The second kappa shape index (κ2) is 29.9. The third-order valence-corrected chi connectivity index (χ3v) is 13.6. The fourth-order valence-electron chi connectivity index (χ4n) is 10.1. The van der Waals surface area contributed by atoms with E-state index in [4.69, 9.17) is 0 Å². The summed E-state index contributed by atoms with van der Waals surface area (Å²) in [6.45, 7) is 0. The summed E-state index contributed by atoms with van der Waals surface area (Å²) in [5.41, 5.74) is 16.0. The SMILES string of the molecule is [Ni].c1ccc(C(c2ccccc2)c2ccccc2)cc1.c1ccc(C(c2ccccc2)c2ccccc2)cc1.c1ccc(C(c2ccccc2)c2ccccc2)cc1.c1ccc(C(c2ccccc2)c2ccccc2)cc1. The zero-order valence-corrected chi connectivity index (χ0v) is 44.3. The van der Waals surface area contributed by atoms with Gasteiger partial charge in [0.1, 0.15) is 0 Å². The van der Waals surface area contributed by atoms with Crippen molar-refractivity contribution >= 4 is 0 Å². The van der Waals surface area contributed by atoms with Crippen molar-refractivity contribution in [1.29, 1.82) is 0 Å². The topological polar surface area (TPSA) is 0 Å². The zero-order chi connectivity index (χ0) is 51.7. The van der Waals surface area contributed by atoms with Gasteiger partial charge in [-0.25, -0.2) is 0 Å². The molecule has 0 unspecified atom stereocenters. The predicted octanol–water partition coefficient (Wildman–Crippen LogP) is 19.5. The van der Waals surface area contributed by atoms with Crippen LogP contribution in [0.1, 0.15) is 90.4 Å². The quantitative estimate of drug-likeness (QED) is 0.0845. The number of hydrogen-bond donors (Lipinski definition) is 0. The van der Waals surface area contributed by atoms with Gasteiger partial charge in [-0.1, -0.05) is 364 Å². The maximum absolute atomic E-state index is 2.20. The van der Waals surface area contributed by atoms with Gasteiger partial charge in [-0.3, -0.25) is 0 Å². The molecule has 12 aromatic carbocycles. The number of rotatable bonds is 12. The van der Waals surface area contributed by atoms with Crippen LogP contribution in [0.25, 0.3) is 0 Å². The van der Waals surface area contributed by atoms with Crippen LogP contribution in [-0.2, 0) is 16.5 Å². The van der Waals surface area contributed by atoms with Crippen molar-refractivity contribution in [1.82, 2.24) is 0 Å². The maximum atomic E-state index is 2.20. The van der Waals surface area contributed by atoms with Crippen molar-refractivity contribution in [2.45, 2.75) is 23.7 Å². The van der Waals surface area contributed by atoms with Gasteiger partial charge in [-0.05, 0) is 66.8 Å². The van der Waals surface area contributed by atoms with Crippen LogP contribution in [0.5, 0.6) is 0 Å². The molecule has 0 bridgehead atoms. The molecule has 0 spiro atoms. The van der Waals surface area contributed by atoms with Gasteiger partial charge in [-0.15, -0.1) is 0 Å². The molecule has 0 heterocycles. The summed E-state index contributed by atoms with van der Waals surface area (Å²) in [7, 11) is 0. The molecule has 0 aliphatic heterocycles. The van der Waals surface area contributed by atoms with E-state index < -0.39 is 0 Å². The van der Waals surface area contributed by atoms with Gasteiger partial charge >= 0.3 is 0 Å². The second-order valence-electron chi connectivity index (χ2n) is 18.7. The van der Waals surface area contributed by atoms with Crippen LogP contribution < -0.4 is 0 Å². The third-order valence-electron chi connectivity index (χ3n) is 13.6. The Balaban J connectivity index is 0.000000135. The van der Waals surface area contributed by atoms with Gasteiger partial charge in [-0.2, -0.15) is 0 Å². The first kappa shape index (κ1) is 54.4. The molecule has 0 fully saturated rings. The van der Waals surface area contributed by atoms with Crippen LogP contribution in [0, 0.1) is 0 Å². The summed E-state index contributed by atoms with van der Waals surface area (Å²) in [5.74, 6) is 1.24. The van der Waals surface area contributed by atoms with Crippen LogP contribution in [0.15, 0.2) is 364 Å². The first-order valence-electron chi connectivity index (χ1n) is 26.4. The van der Waals surface area contributed by atoms with E-state index in [-0.39, 0.29) is 16.5 Å². The van der Waals surface area contributed by atoms with E-state index in [0.717, 1.165) is 0 Å². The van der Waals surface area contributed by atoms with Gasteiger partial charge in [0.05, 0.1) is 0 Å². The van der Waals surface area contributed by atoms with E-state index in [1.165, 1.54) is 66.8 Å². The minimum Gasteiger partial charge on any atom is -0.0622 e. The zero-order valence-electron chi connectivity index (χ0n) is 43.3. The molecule has 77 heavy (non-hydrogen) atoms. The maximum Gasteiger partial charge on any atom is 0.0339 e. The average molecular weight is 1040 g/mol. The van der Waals surface area contributed by atoms with E-state index in [9.17, 15) is 0 Å². The fourth-order valence-corrected chi connectivity index (χ4v) is 10.1. The number of hydrogen-bond acceptors (Lipinski definition) is 0. The molecular weight excluding hydrogens is 972 g/mol. The standard InChI is InChI=1S/4C19H16.Ni/c4*1-4-10-16(11-5-1)19(17-12-6-2-7-13-17)18-14-8-3-9-15-18;/h4*1-15,19H;. The number of benzene rings is 12. The molecule has 12 aromatic rings. The van der Waals surface area contributed by atoms with Crippen molar-refractivity contribution in [3.05, 3.63) is 431 Å². The molecule has 0 aliphatic carbocycles. The summed E-state index contributed by atoms with van der Waals surface area (Å²) in [5, 5.41) is 0. The largest absolute Gasteiger partial charge is 0.0622 e. The molecule has 0 saturated carbocycles. The van der Waals surface area contributed by atoms with Crippen molar-refractivity contribution < 1.29 is 16.5 Å². The van der Waals surface area contributed by atoms with Crippen LogP contribution >= 0.6 is 0 Å². The van der Waals surface area contributed by atoms with E-state index >= 15 is 0 Å². The second-order valence-corrected chi connectivity index (χ2v) is 18.7. The molecule has 0 nitrogen and oxygen atoms in total. The third kappa shape index (κ3) is 15.6. The van der Waals surface area contributed by atoms with E-state index in [0.29, 0.717) is 23.7 Å². The molecule has 0 N–H and O–H groups in total. The normalized spacial score (nSPS) is 10.4. The summed E-state index contributed by atoms with van der Waals surface area (Å²) in [6.07, 6.45) is 0. The Morgan fingerprint density at radius 3 is 0.234 bits per heavy atom. The summed E-state index contributed by atoms with van der Waals surface area (Å²) in [4.78, 5) is 0. The average Bonchev–Trinajstić information content (AvgIpc) is 3.51. The molecule has 0 radical (unpaired) electrons. The Hall–Kier alpha value is -8.87. The summed E-state index contributed by atoms with van der Waals surface area (Å²) >= 11 is 0. The molecule has 1 heteroatoms. The first-order chi connectivity index (χ1) is 37.8. The predicted molar refractivity (Wildman–Crippen MR) is 321 cm³/mol. The monoisotopic (exact) mass is 1030 g/mol. The Kier molecular flexibility index (Phi) is 21.1. The Bertz CT molecular complexity index is 2550. The van der Waals surface area contributed by atoms with Crippen molar-refractivity contribution in [3.63, 3.8) is 0 Å². The summed E-state index contributed by atoms with van der Waals surface area (Å²) < 4.78 is 0. The minimum absolute atomic E-state index is 0. The molecule has 12 rings (SSSR count). The van der Waals surface area contributed by atoms with E-state index in [1.807, 2.05) is 0 Å². The van der Waals surface area contributed by atoms with Gasteiger partial charge in [0.15, 0.2) is 0 Å². The molecule has 0 aliphatic rings. The molecule has 0 aromatic heterocycles. The fraction of sp³-hybridized carbons (Fsp3) is 0.0526. The van der Waals surface area contributed by atoms with E-state index in [1.54, 1.807) is 0 Å². The van der Waals surface area contributed by atoms with Gasteiger partial charge in [0.25, 0.3) is 0 Å². The summed E-state index contributed by atoms with van der Waals surface area (Å²) in [6, 6.07) is 128. The molecule has 0 atom stereocenters. The van der Waals surface area contributed by atoms with E-state index in [2.05, 4.69) is 364 Å². The minimum atomic E-state index is 0. The smallest absolute Gasteiger partial charge is 0.0339 e. The van der Waals surface area contributed by atoms with Crippen LogP contribution in [0.4, 0.5) is 0 Å². The van der Waals surface area contributed by atoms with Crippen molar-refractivity contribution in [2.24, 2.45) is 0 Å². The van der Waals surface area contributed by atoms with Crippen LogP contribution in [-0.4, -0.2) is 0 Å². The van der Waals surface area contributed by atoms with Crippen molar-refractivity contribution in [2.75, 3.05) is 0 Å². The van der Waals surface area contributed by atoms with Crippen molar-refractivity contribution in [3.8, 4) is 0 Å². The molecular formula is C76H64Ni. The Morgan fingerprint density at radius 1 is 0.104 bits per heavy atom. The van der Waals surface area contributed by atoms with Crippen LogP contribution in [0.3, 0.4) is 0 Å².